The van der Waals surface area contributed by atoms with Gasteiger partial charge in [0.15, 0.2) is 0 Å². The first-order valence-corrected chi connectivity index (χ1v) is 8.37. The summed E-state index contributed by atoms with van der Waals surface area (Å²) in [5.41, 5.74) is 3.19. The van der Waals surface area contributed by atoms with Gasteiger partial charge in [-0.25, -0.2) is 0 Å². The molecule has 2 heteroatoms. The lowest BCUT2D eigenvalue weighted by atomic mass is 10.1. The molecule has 1 aromatic carbocycles. The summed E-state index contributed by atoms with van der Waals surface area (Å²) in [6.07, 6.45) is 9.26. The highest BCUT2D eigenvalue weighted by atomic mass is 32.2. The van der Waals surface area contributed by atoms with Crippen LogP contribution in [0, 0.1) is 0 Å². The highest BCUT2D eigenvalue weighted by molar-refractivity contribution is 7.99. The van der Waals surface area contributed by atoms with Crippen molar-refractivity contribution in [1.82, 2.24) is 0 Å². The standard InChI is InChI=1S/C15H22S2/c16-10-3-1-2-4-11-17-15-9-8-13-6-5-7-14(13)12-15/h8-9,12,16H,1-7,10-11H2. The number of unbranched alkanes of at least 4 members (excludes halogenated alkanes) is 3. The zero-order valence-corrected chi connectivity index (χ0v) is 12.2. The van der Waals surface area contributed by atoms with Crippen LogP contribution in [0.15, 0.2) is 23.1 Å². The maximum Gasteiger partial charge on any atom is 0.00748 e. The van der Waals surface area contributed by atoms with E-state index < -0.39 is 0 Å². The Morgan fingerprint density at radius 1 is 1.00 bits per heavy atom. The molecule has 0 spiro atoms. The summed E-state index contributed by atoms with van der Waals surface area (Å²) in [4.78, 5) is 1.47. The first-order valence-electron chi connectivity index (χ1n) is 6.75. The minimum Gasteiger partial charge on any atom is -0.179 e. The maximum absolute atomic E-state index is 4.24. The molecule has 0 nitrogen and oxygen atoms in total. The minimum absolute atomic E-state index is 1.04. The molecule has 0 aromatic heterocycles. The summed E-state index contributed by atoms with van der Waals surface area (Å²) in [6.45, 7) is 0. The quantitative estimate of drug-likeness (QED) is 0.422. The molecule has 0 radical (unpaired) electrons. The topological polar surface area (TPSA) is 0 Å². The van der Waals surface area contributed by atoms with Crippen molar-refractivity contribution in [3.63, 3.8) is 0 Å². The summed E-state index contributed by atoms with van der Waals surface area (Å²) >= 11 is 6.26. The average molecular weight is 266 g/mol. The van der Waals surface area contributed by atoms with E-state index in [0.717, 1.165) is 5.75 Å². The monoisotopic (exact) mass is 266 g/mol. The van der Waals surface area contributed by atoms with Gasteiger partial charge in [-0.2, -0.15) is 12.6 Å². The van der Waals surface area contributed by atoms with Crippen molar-refractivity contribution in [3.05, 3.63) is 29.3 Å². The van der Waals surface area contributed by atoms with Crippen LogP contribution in [0.2, 0.25) is 0 Å². The average Bonchev–Trinajstić information content (AvgIpc) is 2.81. The number of thioether (sulfide) groups is 1. The van der Waals surface area contributed by atoms with Gasteiger partial charge in [0, 0.05) is 4.90 Å². The predicted octanol–water partition coefficient (Wildman–Crippen LogP) is 4.76. The molecule has 0 saturated carbocycles. The van der Waals surface area contributed by atoms with Crippen molar-refractivity contribution in [2.45, 2.75) is 49.8 Å². The molecule has 0 saturated heterocycles. The molecule has 0 N–H and O–H groups in total. The fourth-order valence-corrected chi connectivity index (χ4v) is 3.59. The van der Waals surface area contributed by atoms with Crippen LogP contribution in [-0.4, -0.2) is 11.5 Å². The largest absolute Gasteiger partial charge is 0.179 e. The van der Waals surface area contributed by atoms with Gasteiger partial charge in [-0.3, -0.25) is 0 Å². The molecule has 17 heavy (non-hydrogen) atoms. The highest BCUT2D eigenvalue weighted by Gasteiger charge is 2.10. The van der Waals surface area contributed by atoms with Gasteiger partial charge in [0.2, 0.25) is 0 Å². The second-order valence-corrected chi connectivity index (χ2v) is 6.39. The molecule has 94 valence electrons. The van der Waals surface area contributed by atoms with Gasteiger partial charge in [0.05, 0.1) is 0 Å². The van der Waals surface area contributed by atoms with E-state index in [4.69, 9.17) is 0 Å². The van der Waals surface area contributed by atoms with Crippen LogP contribution in [0.1, 0.15) is 43.2 Å². The third-order valence-electron chi connectivity index (χ3n) is 3.39. The molecule has 1 aliphatic carbocycles. The second-order valence-electron chi connectivity index (χ2n) is 4.77. The molecular formula is C15H22S2. The number of fused-ring (bicyclic) bond motifs is 1. The third kappa shape index (κ3) is 4.26. The smallest absolute Gasteiger partial charge is 0.00748 e. The summed E-state index contributed by atoms with van der Waals surface area (Å²) in [6, 6.07) is 7.06. The van der Waals surface area contributed by atoms with Gasteiger partial charge < -0.3 is 0 Å². The first kappa shape index (κ1) is 13.4. The maximum atomic E-state index is 4.24. The Morgan fingerprint density at radius 2 is 1.82 bits per heavy atom. The third-order valence-corrected chi connectivity index (χ3v) is 4.79. The molecule has 0 fully saturated rings. The zero-order chi connectivity index (χ0) is 11.9. The fraction of sp³-hybridized carbons (Fsp3) is 0.600. The van der Waals surface area contributed by atoms with Crippen LogP contribution in [-0.2, 0) is 12.8 Å². The van der Waals surface area contributed by atoms with Crippen molar-refractivity contribution in [3.8, 4) is 0 Å². The number of benzene rings is 1. The van der Waals surface area contributed by atoms with Crippen LogP contribution in [0.3, 0.4) is 0 Å². The van der Waals surface area contributed by atoms with E-state index in [1.165, 1.54) is 55.6 Å². The van der Waals surface area contributed by atoms with Gasteiger partial charge in [0.25, 0.3) is 0 Å². The Bertz CT molecular complexity index is 347. The number of aryl methyl sites for hydroxylation is 2. The highest BCUT2D eigenvalue weighted by Crippen LogP contribution is 2.28. The number of thiol groups is 1. The lowest BCUT2D eigenvalue weighted by Gasteiger charge is -2.04. The number of hydrogen-bond acceptors (Lipinski definition) is 2. The lowest BCUT2D eigenvalue weighted by Crippen LogP contribution is -1.85. The molecule has 0 unspecified atom stereocenters. The number of hydrogen-bond donors (Lipinski definition) is 1. The van der Waals surface area contributed by atoms with Crippen molar-refractivity contribution >= 4 is 24.4 Å². The van der Waals surface area contributed by atoms with Crippen LogP contribution in [0.4, 0.5) is 0 Å². The van der Waals surface area contributed by atoms with Crippen molar-refractivity contribution in [2.24, 2.45) is 0 Å². The summed E-state index contributed by atoms with van der Waals surface area (Å²) in [5.74, 6) is 2.31. The number of rotatable bonds is 7. The van der Waals surface area contributed by atoms with Gasteiger partial charge in [-0.05, 0) is 66.9 Å². The van der Waals surface area contributed by atoms with Crippen molar-refractivity contribution < 1.29 is 0 Å². The first-order chi connectivity index (χ1) is 8.40. The van der Waals surface area contributed by atoms with Gasteiger partial charge in [-0.1, -0.05) is 18.9 Å². The van der Waals surface area contributed by atoms with E-state index in [9.17, 15) is 0 Å². The Hall–Kier alpha value is -0.0800. The van der Waals surface area contributed by atoms with E-state index in [-0.39, 0.29) is 0 Å². The van der Waals surface area contributed by atoms with Crippen LogP contribution in [0.25, 0.3) is 0 Å². The summed E-state index contributed by atoms with van der Waals surface area (Å²) in [7, 11) is 0. The van der Waals surface area contributed by atoms with E-state index in [1.807, 2.05) is 11.8 Å². The molecule has 0 atom stereocenters. The van der Waals surface area contributed by atoms with Crippen molar-refractivity contribution in [1.29, 1.82) is 0 Å². The SMILES string of the molecule is SCCCCCCSc1ccc2c(c1)CCC2. The molecule has 0 aliphatic heterocycles. The van der Waals surface area contributed by atoms with E-state index in [0.29, 0.717) is 0 Å². The molecule has 1 aromatic rings. The molecular weight excluding hydrogens is 244 g/mol. The molecule has 1 aliphatic rings. The summed E-state index contributed by atoms with van der Waals surface area (Å²) in [5, 5.41) is 0. The molecule has 0 amide bonds. The molecule has 0 bridgehead atoms. The summed E-state index contributed by atoms with van der Waals surface area (Å²) < 4.78 is 0. The van der Waals surface area contributed by atoms with Crippen LogP contribution < -0.4 is 0 Å². The van der Waals surface area contributed by atoms with Gasteiger partial charge in [0.1, 0.15) is 0 Å². The lowest BCUT2D eigenvalue weighted by molar-refractivity contribution is 0.712. The normalized spacial score (nSPS) is 13.9. The van der Waals surface area contributed by atoms with Crippen molar-refractivity contribution in [2.75, 3.05) is 11.5 Å². The Balaban J connectivity index is 1.69. The minimum atomic E-state index is 1.04. The van der Waals surface area contributed by atoms with Gasteiger partial charge in [-0.15, -0.1) is 11.8 Å². The van der Waals surface area contributed by atoms with E-state index in [2.05, 4.69) is 30.8 Å². The van der Waals surface area contributed by atoms with Crippen LogP contribution in [0.5, 0.6) is 0 Å². The molecule has 2 rings (SSSR count). The predicted molar refractivity (Wildman–Crippen MR) is 81.5 cm³/mol. The Labute approximate surface area is 115 Å². The Kier molecular flexibility index (Phi) is 5.79. The zero-order valence-electron chi connectivity index (χ0n) is 10.5. The Morgan fingerprint density at radius 3 is 2.71 bits per heavy atom. The van der Waals surface area contributed by atoms with E-state index in [1.54, 1.807) is 11.1 Å². The molecule has 0 heterocycles. The van der Waals surface area contributed by atoms with Crippen LogP contribution >= 0.6 is 24.4 Å². The van der Waals surface area contributed by atoms with Gasteiger partial charge >= 0.3 is 0 Å². The second kappa shape index (κ2) is 7.38. The fourth-order valence-electron chi connectivity index (χ4n) is 2.40. The van der Waals surface area contributed by atoms with E-state index >= 15 is 0 Å².